The number of nitrogens with one attached hydrogen (secondary N) is 2. The zero-order chi connectivity index (χ0) is 11.6. The molecule has 0 unspecified atom stereocenters. The van der Waals surface area contributed by atoms with Gasteiger partial charge in [-0.15, -0.1) is 0 Å². The SMILES string of the molecule is CNc1cc(NCCOCCOC)ncn1. The number of anilines is 2. The third kappa shape index (κ3) is 4.90. The summed E-state index contributed by atoms with van der Waals surface area (Å²) in [6.07, 6.45) is 1.51. The molecule has 0 atom stereocenters. The molecule has 0 aliphatic heterocycles. The van der Waals surface area contributed by atoms with Crippen molar-refractivity contribution >= 4 is 11.6 Å². The maximum Gasteiger partial charge on any atom is 0.131 e. The Bertz CT molecular complexity index is 296. The van der Waals surface area contributed by atoms with E-state index in [4.69, 9.17) is 9.47 Å². The molecule has 1 aromatic heterocycles. The fourth-order valence-corrected chi connectivity index (χ4v) is 1.09. The van der Waals surface area contributed by atoms with Gasteiger partial charge in [-0.3, -0.25) is 0 Å². The average molecular weight is 226 g/mol. The van der Waals surface area contributed by atoms with E-state index in [0.29, 0.717) is 26.4 Å². The average Bonchev–Trinajstić information content (AvgIpc) is 2.34. The molecule has 0 amide bonds. The van der Waals surface area contributed by atoms with Crippen LogP contribution in [-0.4, -0.2) is 50.5 Å². The van der Waals surface area contributed by atoms with Gasteiger partial charge in [0.25, 0.3) is 0 Å². The Balaban J connectivity index is 2.16. The van der Waals surface area contributed by atoms with Gasteiger partial charge in [0.15, 0.2) is 0 Å². The minimum absolute atomic E-state index is 0.615. The summed E-state index contributed by atoms with van der Waals surface area (Å²) < 4.78 is 10.2. The standard InChI is InChI=1S/C10H18N4O2/c1-11-9-7-10(14-8-13-9)12-3-4-16-6-5-15-2/h7-8H,3-6H2,1-2H3,(H2,11,12,13,14). The van der Waals surface area contributed by atoms with Gasteiger partial charge in [-0.25, -0.2) is 9.97 Å². The van der Waals surface area contributed by atoms with Crippen molar-refractivity contribution in [2.45, 2.75) is 0 Å². The first-order valence-corrected chi connectivity index (χ1v) is 5.17. The van der Waals surface area contributed by atoms with Gasteiger partial charge < -0.3 is 20.1 Å². The highest BCUT2D eigenvalue weighted by Crippen LogP contribution is 2.06. The number of methoxy groups -OCH3 is 1. The van der Waals surface area contributed by atoms with E-state index in [1.54, 1.807) is 7.11 Å². The van der Waals surface area contributed by atoms with E-state index in [9.17, 15) is 0 Å². The Kier molecular flexibility index (Phi) is 6.20. The van der Waals surface area contributed by atoms with Crippen LogP contribution in [0.15, 0.2) is 12.4 Å². The fraction of sp³-hybridized carbons (Fsp3) is 0.600. The molecule has 6 nitrogen and oxygen atoms in total. The van der Waals surface area contributed by atoms with Crippen LogP contribution < -0.4 is 10.6 Å². The molecule has 0 aliphatic carbocycles. The topological polar surface area (TPSA) is 68.3 Å². The molecule has 90 valence electrons. The van der Waals surface area contributed by atoms with Gasteiger partial charge in [-0.2, -0.15) is 0 Å². The third-order valence-electron chi connectivity index (χ3n) is 1.91. The Labute approximate surface area is 95.4 Å². The molecule has 0 saturated heterocycles. The third-order valence-corrected chi connectivity index (χ3v) is 1.91. The van der Waals surface area contributed by atoms with E-state index in [-0.39, 0.29) is 0 Å². The lowest BCUT2D eigenvalue weighted by molar-refractivity contribution is 0.0759. The first-order valence-electron chi connectivity index (χ1n) is 5.17. The molecule has 16 heavy (non-hydrogen) atoms. The molecule has 1 heterocycles. The maximum atomic E-state index is 5.31. The lowest BCUT2D eigenvalue weighted by Gasteiger charge is -2.07. The zero-order valence-corrected chi connectivity index (χ0v) is 9.69. The molecule has 0 aliphatic rings. The van der Waals surface area contributed by atoms with Crippen LogP contribution in [0.1, 0.15) is 0 Å². The molecule has 0 spiro atoms. The number of nitrogens with zero attached hydrogens (tertiary/aromatic N) is 2. The maximum absolute atomic E-state index is 5.31. The second-order valence-electron chi connectivity index (χ2n) is 3.07. The van der Waals surface area contributed by atoms with Crippen LogP contribution in [0.3, 0.4) is 0 Å². The summed E-state index contributed by atoms with van der Waals surface area (Å²) in [5.41, 5.74) is 0. The number of ether oxygens (including phenoxy) is 2. The summed E-state index contributed by atoms with van der Waals surface area (Å²) in [6.45, 7) is 2.58. The first kappa shape index (κ1) is 12.7. The molecule has 0 saturated carbocycles. The second kappa shape index (κ2) is 7.84. The normalized spacial score (nSPS) is 10.1. The number of aromatic nitrogens is 2. The molecule has 1 aromatic rings. The van der Waals surface area contributed by atoms with E-state index >= 15 is 0 Å². The highest BCUT2D eigenvalue weighted by molar-refractivity contribution is 5.45. The van der Waals surface area contributed by atoms with Gasteiger partial charge in [-0.05, 0) is 0 Å². The molecule has 0 fully saturated rings. The van der Waals surface area contributed by atoms with E-state index in [1.165, 1.54) is 6.33 Å². The summed E-state index contributed by atoms with van der Waals surface area (Å²) in [5, 5.41) is 6.09. The highest BCUT2D eigenvalue weighted by Gasteiger charge is 1.95. The fourth-order valence-electron chi connectivity index (χ4n) is 1.09. The largest absolute Gasteiger partial charge is 0.382 e. The van der Waals surface area contributed by atoms with Crippen molar-refractivity contribution in [2.75, 3.05) is 51.2 Å². The van der Waals surface area contributed by atoms with Crippen LogP contribution in [-0.2, 0) is 9.47 Å². The minimum Gasteiger partial charge on any atom is -0.382 e. The quantitative estimate of drug-likeness (QED) is 0.632. The molecule has 0 radical (unpaired) electrons. The number of rotatable bonds is 8. The number of hydrogen-bond donors (Lipinski definition) is 2. The van der Waals surface area contributed by atoms with Crippen LogP contribution >= 0.6 is 0 Å². The predicted octanol–water partition coefficient (Wildman–Crippen LogP) is 0.593. The Morgan fingerprint density at radius 2 is 2.00 bits per heavy atom. The molecule has 2 N–H and O–H groups in total. The first-order chi connectivity index (χ1) is 7.86. The monoisotopic (exact) mass is 226 g/mol. The Morgan fingerprint density at radius 1 is 1.19 bits per heavy atom. The van der Waals surface area contributed by atoms with Gasteiger partial charge in [0.2, 0.25) is 0 Å². The second-order valence-corrected chi connectivity index (χ2v) is 3.07. The summed E-state index contributed by atoms with van der Waals surface area (Å²) in [5.74, 6) is 1.58. The van der Waals surface area contributed by atoms with Crippen molar-refractivity contribution < 1.29 is 9.47 Å². The summed E-state index contributed by atoms with van der Waals surface area (Å²) in [4.78, 5) is 8.10. The van der Waals surface area contributed by atoms with Crippen molar-refractivity contribution in [3.05, 3.63) is 12.4 Å². The zero-order valence-electron chi connectivity index (χ0n) is 9.69. The smallest absolute Gasteiger partial charge is 0.131 e. The Hall–Kier alpha value is -1.40. The van der Waals surface area contributed by atoms with Crippen LogP contribution in [0, 0.1) is 0 Å². The molecular weight excluding hydrogens is 208 g/mol. The van der Waals surface area contributed by atoms with E-state index in [0.717, 1.165) is 11.6 Å². The molecule has 0 aromatic carbocycles. The van der Waals surface area contributed by atoms with Gasteiger partial charge in [0.05, 0.1) is 19.8 Å². The van der Waals surface area contributed by atoms with Crippen molar-refractivity contribution in [1.82, 2.24) is 9.97 Å². The summed E-state index contributed by atoms with van der Waals surface area (Å²) in [7, 11) is 3.47. The minimum atomic E-state index is 0.615. The van der Waals surface area contributed by atoms with Crippen LogP contribution in [0.5, 0.6) is 0 Å². The summed E-state index contributed by atoms with van der Waals surface area (Å²) >= 11 is 0. The van der Waals surface area contributed by atoms with E-state index in [2.05, 4.69) is 20.6 Å². The molecule has 0 bridgehead atoms. The van der Waals surface area contributed by atoms with Crippen LogP contribution in [0.2, 0.25) is 0 Å². The predicted molar refractivity (Wildman–Crippen MR) is 62.8 cm³/mol. The molecule has 6 heteroatoms. The van der Waals surface area contributed by atoms with Crippen molar-refractivity contribution in [2.24, 2.45) is 0 Å². The lowest BCUT2D eigenvalue weighted by Crippen LogP contribution is -2.12. The van der Waals surface area contributed by atoms with Crippen molar-refractivity contribution in [1.29, 1.82) is 0 Å². The highest BCUT2D eigenvalue weighted by atomic mass is 16.5. The summed E-state index contributed by atoms with van der Waals surface area (Å²) in [6, 6.07) is 1.84. The Morgan fingerprint density at radius 3 is 2.75 bits per heavy atom. The van der Waals surface area contributed by atoms with Crippen LogP contribution in [0.25, 0.3) is 0 Å². The molecule has 1 rings (SSSR count). The van der Waals surface area contributed by atoms with Crippen molar-refractivity contribution in [3.8, 4) is 0 Å². The van der Waals surface area contributed by atoms with E-state index in [1.807, 2.05) is 13.1 Å². The van der Waals surface area contributed by atoms with E-state index < -0.39 is 0 Å². The lowest BCUT2D eigenvalue weighted by atomic mass is 10.5. The van der Waals surface area contributed by atoms with Crippen LogP contribution in [0.4, 0.5) is 11.6 Å². The molecular formula is C10H18N4O2. The number of hydrogen-bond acceptors (Lipinski definition) is 6. The van der Waals surface area contributed by atoms with Gasteiger partial charge in [0, 0.05) is 26.8 Å². The van der Waals surface area contributed by atoms with Gasteiger partial charge >= 0.3 is 0 Å². The van der Waals surface area contributed by atoms with Crippen molar-refractivity contribution in [3.63, 3.8) is 0 Å². The van der Waals surface area contributed by atoms with Gasteiger partial charge in [-0.1, -0.05) is 0 Å². The van der Waals surface area contributed by atoms with Gasteiger partial charge in [0.1, 0.15) is 18.0 Å².